The molecule has 1 aliphatic rings. The lowest BCUT2D eigenvalue weighted by atomic mass is 9.94. The minimum Gasteiger partial charge on any atom is -0.481 e. The van der Waals surface area contributed by atoms with E-state index < -0.39 is 5.97 Å². The van der Waals surface area contributed by atoms with Crippen LogP contribution in [-0.4, -0.2) is 41.8 Å². The zero-order valence-corrected chi connectivity index (χ0v) is 11.8. The average molecular weight is 271 g/mol. The SMILES string of the molecule is CCCCCCOC(=O)N1CCC(CC(=O)O)CC1. The summed E-state index contributed by atoms with van der Waals surface area (Å²) in [5, 5.41) is 8.72. The van der Waals surface area contributed by atoms with Crippen LogP contribution in [0.25, 0.3) is 0 Å². The van der Waals surface area contributed by atoms with Crippen molar-refractivity contribution in [1.29, 1.82) is 0 Å². The molecule has 19 heavy (non-hydrogen) atoms. The van der Waals surface area contributed by atoms with Gasteiger partial charge in [-0.05, 0) is 25.2 Å². The summed E-state index contributed by atoms with van der Waals surface area (Å²) in [7, 11) is 0. The number of unbranched alkanes of at least 4 members (excludes halogenated alkanes) is 3. The van der Waals surface area contributed by atoms with Gasteiger partial charge in [0.1, 0.15) is 0 Å². The normalized spacial score (nSPS) is 16.4. The van der Waals surface area contributed by atoms with E-state index in [0.29, 0.717) is 19.7 Å². The highest BCUT2D eigenvalue weighted by atomic mass is 16.6. The second-order valence-electron chi connectivity index (χ2n) is 5.20. The van der Waals surface area contributed by atoms with Gasteiger partial charge >= 0.3 is 12.1 Å². The summed E-state index contributed by atoms with van der Waals surface area (Å²) in [6.07, 6.45) is 5.86. The largest absolute Gasteiger partial charge is 0.481 e. The van der Waals surface area contributed by atoms with E-state index >= 15 is 0 Å². The third-order valence-corrected chi connectivity index (χ3v) is 3.56. The Bertz CT molecular complexity index is 285. The summed E-state index contributed by atoms with van der Waals surface area (Å²) < 4.78 is 5.22. The Kier molecular flexibility index (Phi) is 7.30. The fourth-order valence-corrected chi connectivity index (χ4v) is 2.35. The molecule has 1 rings (SSSR count). The van der Waals surface area contributed by atoms with Gasteiger partial charge in [0.15, 0.2) is 0 Å². The van der Waals surface area contributed by atoms with Gasteiger partial charge in [-0.3, -0.25) is 4.79 Å². The zero-order valence-electron chi connectivity index (χ0n) is 11.8. The van der Waals surface area contributed by atoms with Crippen molar-refractivity contribution in [3.63, 3.8) is 0 Å². The fraction of sp³-hybridized carbons (Fsp3) is 0.857. The molecule has 5 heteroatoms. The molecule has 1 heterocycles. The van der Waals surface area contributed by atoms with E-state index in [1.165, 1.54) is 12.8 Å². The van der Waals surface area contributed by atoms with Crippen molar-refractivity contribution in [3.05, 3.63) is 0 Å². The third kappa shape index (κ3) is 6.45. The van der Waals surface area contributed by atoms with E-state index in [0.717, 1.165) is 25.7 Å². The van der Waals surface area contributed by atoms with Gasteiger partial charge < -0.3 is 14.7 Å². The van der Waals surface area contributed by atoms with Crippen LogP contribution in [0, 0.1) is 5.92 Å². The van der Waals surface area contributed by atoms with Crippen molar-refractivity contribution in [2.45, 2.75) is 51.9 Å². The van der Waals surface area contributed by atoms with Gasteiger partial charge in [0.25, 0.3) is 0 Å². The van der Waals surface area contributed by atoms with Crippen LogP contribution in [0.2, 0.25) is 0 Å². The van der Waals surface area contributed by atoms with Crippen LogP contribution in [0.4, 0.5) is 4.79 Å². The number of carboxylic acids is 1. The summed E-state index contributed by atoms with van der Waals surface area (Å²) in [6, 6.07) is 0. The van der Waals surface area contributed by atoms with Crippen LogP contribution in [0.15, 0.2) is 0 Å². The number of aliphatic carboxylic acids is 1. The molecule has 0 aliphatic carbocycles. The van der Waals surface area contributed by atoms with Gasteiger partial charge in [-0.25, -0.2) is 4.79 Å². The van der Waals surface area contributed by atoms with Gasteiger partial charge in [0.2, 0.25) is 0 Å². The van der Waals surface area contributed by atoms with Crippen LogP contribution >= 0.6 is 0 Å². The Morgan fingerprint density at radius 2 is 1.89 bits per heavy atom. The first-order valence-electron chi connectivity index (χ1n) is 7.27. The molecule has 1 saturated heterocycles. The Morgan fingerprint density at radius 3 is 2.47 bits per heavy atom. The molecule has 0 aromatic carbocycles. The number of carbonyl (C=O) groups is 2. The predicted octanol–water partition coefficient (Wildman–Crippen LogP) is 2.89. The maximum atomic E-state index is 11.7. The van der Waals surface area contributed by atoms with Crippen LogP contribution in [0.1, 0.15) is 51.9 Å². The number of likely N-dealkylation sites (tertiary alicyclic amines) is 1. The molecule has 0 atom stereocenters. The first-order chi connectivity index (χ1) is 9.13. The van der Waals surface area contributed by atoms with E-state index in [1.54, 1.807) is 4.90 Å². The van der Waals surface area contributed by atoms with Gasteiger partial charge in [-0.1, -0.05) is 26.2 Å². The minimum absolute atomic E-state index is 0.200. The molecule has 110 valence electrons. The highest BCUT2D eigenvalue weighted by molar-refractivity contribution is 5.68. The van der Waals surface area contributed by atoms with Crippen molar-refractivity contribution in [2.24, 2.45) is 5.92 Å². The molecule has 0 radical (unpaired) electrons. The molecule has 0 aromatic rings. The highest BCUT2D eigenvalue weighted by Gasteiger charge is 2.24. The van der Waals surface area contributed by atoms with Crippen molar-refractivity contribution in [3.8, 4) is 0 Å². The highest BCUT2D eigenvalue weighted by Crippen LogP contribution is 2.20. The molecule has 0 spiro atoms. The summed E-state index contributed by atoms with van der Waals surface area (Å²) in [6.45, 7) is 3.87. The molecule has 1 amide bonds. The first-order valence-corrected chi connectivity index (χ1v) is 7.27. The number of hydrogen-bond acceptors (Lipinski definition) is 3. The van der Waals surface area contributed by atoms with E-state index in [4.69, 9.17) is 9.84 Å². The maximum absolute atomic E-state index is 11.7. The molecule has 0 bridgehead atoms. The van der Waals surface area contributed by atoms with E-state index in [-0.39, 0.29) is 18.4 Å². The van der Waals surface area contributed by atoms with E-state index in [1.807, 2.05) is 0 Å². The third-order valence-electron chi connectivity index (χ3n) is 3.56. The van der Waals surface area contributed by atoms with Crippen LogP contribution in [-0.2, 0) is 9.53 Å². The van der Waals surface area contributed by atoms with Crippen LogP contribution in [0.3, 0.4) is 0 Å². The van der Waals surface area contributed by atoms with Gasteiger partial charge in [-0.2, -0.15) is 0 Å². The first kappa shape index (κ1) is 15.8. The lowest BCUT2D eigenvalue weighted by Gasteiger charge is -2.30. The molecule has 1 N–H and O–H groups in total. The molecule has 5 nitrogen and oxygen atoms in total. The number of carboxylic acid groups (broad SMARTS) is 1. The average Bonchev–Trinajstić information content (AvgIpc) is 2.38. The van der Waals surface area contributed by atoms with E-state index in [2.05, 4.69) is 6.92 Å². The molecular formula is C14H25NO4. The Labute approximate surface area is 114 Å². The number of hydrogen-bond donors (Lipinski definition) is 1. The summed E-state index contributed by atoms with van der Waals surface area (Å²) >= 11 is 0. The van der Waals surface area contributed by atoms with Crippen molar-refractivity contribution >= 4 is 12.1 Å². The summed E-state index contributed by atoms with van der Waals surface area (Å²) in [5.74, 6) is -0.553. The second kappa shape index (κ2) is 8.77. The quantitative estimate of drug-likeness (QED) is 0.723. The van der Waals surface area contributed by atoms with Gasteiger partial charge in [0.05, 0.1) is 6.61 Å². The topological polar surface area (TPSA) is 66.8 Å². The van der Waals surface area contributed by atoms with Crippen LogP contribution < -0.4 is 0 Å². The van der Waals surface area contributed by atoms with Gasteiger partial charge in [-0.15, -0.1) is 0 Å². The summed E-state index contributed by atoms with van der Waals surface area (Å²) in [4.78, 5) is 24.0. The Balaban J connectivity index is 2.12. The minimum atomic E-state index is -0.753. The Morgan fingerprint density at radius 1 is 1.21 bits per heavy atom. The number of carbonyl (C=O) groups excluding carboxylic acids is 1. The number of amides is 1. The van der Waals surface area contributed by atoms with Crippen molar-refractivity contribution in [2.75, 3.05) is 19.7 Å². The van der Waals surface area contributed by atoms with Crippen LogP contribution in [0.5, 0.6) is 0 Å². The second-order valence-corrected chi connectivity index (χ2v) is 5.20. The fourth-order valence-electron chi connectivity index (χ4n) is 2.35. The Hall–Kier alpha value is -1.26. The number of ether oxygens (including phenoxy) is 1. The predicted molar refractivity (Wildman–Crippen MR) is 72.0 cm³/mol. The number of piperidine rings is 1. The molecule has 1 aliphatic heterocycles. The summed E-state index contributed by atoms with van der Waals surface area (Å²) in [5.41, 5.74) is 0. The van der Waals surface area contributed by atoms with Crippen molar-refractivity contribution < 1.29 is 19.4 Å². The standard InChI is InChI=1S/C14H25NO4/c1-2-3-4-5-10-19-14(18)15-8-6-12(7-9-15)11-13(16)17/h12H,2-11H2,1H3,(H,16,17). The molecule has 0 aromatic heterocycles. The lowest BCUT2D eigenvalue weighted by molar-refractivity contribution is -0.138. The van der Waals surface area contributed by atoms with Crippen molar-refractivity contribution in [1.82, 2.24) is 4.90 Å². The maximum Gasteiger partial charge on any atom is 0.409 e. The zero-order chi connectivity index (χ0) is 14.1. The monoisotopic (exact) mass is 271 g/mol. The molecule has 1 fully saturated rings. The van der Waals surface area contributed by atoms with E-state index in [9.17, 15) is 9.59 Å². The lowest BCUT2D eigenvalue weighted by Crippen LogP contribution is -2.39. The van der Waals surface area contributed by atoms with Gasteiger partial charge in [0, 0.05) is 19.5 Å². The number of rotatable bonds is 7. The molecule has 0 saturated carbocycles. The smallest absolute Gasteiger partial charge is 0.409 e. The molecular weight excluding hydrogens is 246 g/mol. The number of nitrogens with zero attached hydrogens (tertiary/aromatic N) is 1. The molecule has 0 unspecified atom stereocenters.